The zero-order chi connectivity index (χ0) is 33.0. The van der Waals surface area contributed by atoms with Gasteiger partial charge in [-0.25, -0.2) is 0 Å². The minimum Gasteiger partial charge on any atom is -0.316 e. The van der Waals surface area contributed by atoms with Gasteiger partial charge in [0.25, 0.3) is 0 Å². The Kier molecular flexibility index (Phi) is 6.53. The number of rotatable bonds is 5. The van der Waals surface area contributed by atoms with Crippen molar-refractivity contribution in [3.63, 3.8) is 0 Å². The van der Waals surface area contributed by atoms with E-state index in [0.29, 0.717) is 0 Å². The highest BCUT2D eigenvalue weighted by Gasteiger charge is 2.25. The molecule has 50 heavy (non-hydrogen) atoms. The molecular formula is C48H32N2. The number of hydrogen-bond acceptors (Lipinski definition) is 1. The van der Waals surface area contributed by atoms with Crippen LogP contribution in [0.2, 0.25) is 0 Å². The lowest BCUT2D eigenvalue weighted by Crippen LogP contribution is -2.09. The number of fused-ring (bicyclic) bond motifs is 7. The summed E-state index contributed by atoms with van der Waals surface area (Å²) >= 11 is 0. The molecule has 1 aliphatic carbocycles. The van der Waals surface area contributed by atoms with E-state index < -0.39 is 0 Å². The number of aromatic nitrogens is 1. The maximum Gasteiger partial charge on any atom is 0.0547 e. The first kappa shape index (κ1) is 28.4. The van der Waals surface area contributed by atoms with E-state index in [-0.39, 0.29) is 0 Å². The molecule has 234 valence electrons. The van der Waals surface area contributed by atoms with E-state index in [1.165, 1.54) is 66.2 Å². The average molecular weight is 637 g/mol. The second-order valence-corrected chi connectivity index (χ2v) is 13.0. The number of anilines is 3. The molecule has 9 aromatic rings. The lowest BCUT2D eigenvalue weighted by atomic mass is 9.91. The second-order valence-electron chi connectivity index (χ2n) is 13.0. The summed E-state index contributed by atoms with van der Waals surface area (Å²) in [7, 11) is 0. The molecule has 0 fully saturated rings. The molecule has 0 saturated heterocycles. The maximum absolute atomic E-state index is 2.38. The van der Waals surface area contributed by atoms with Gasteiger partial charge in [-0.3, -0.25) is 0 Å². The highest BCUT2D eigenvalue weighted by molar-refractivity contribution is 6.21. The van der Waals surface area contributed by atoms with Gasteiger partial charge in [0.05, 0.1) is 5.52 Å². The third kappa shape index (κ3) is 4.50. The lowest BCUT2D eigenvalue weighted by molar-refractivity contribution is 1.13. The first-order valence-corrected chi connectivity index (χ1v) is 17.2. The smallest absolute Gasteiger partial charge is 0.0547 e. The van der Waals surface area contributed by atoms with Crippen LogP contribution >= 0.6 is 0 Å². The minimum atomic E-state index is 1.13. The third-order valence-electron chi connectivity index (χ3n) is 10.2. The molecule has 2 heteroatoms. The van der Waals surface area contributed by atoms with Crippen LogP contribution < -0.4 is 4.90 Å². The average Bonchev–Trinajstić information content (AvgIpc) is 3.51. The SMILES string of the molecule is c1ccc(N(c2ccccc2)c2ccc(-c3ccc(-n4cc5c6c(c7ccccc7cc64)-c4ccccc4-c4ccccc4-5)cc3)cc2)cc1. The summed E-state index contributed by atoms with van der Waals surface area (Å²) in [5.41, 5.74) is 15.9. The van der Waals surface area contributed by atoms with Crippen molar-refractivity contribution in [3.8, 4) is 50.2 Å². The van der Waals surface area contributed by atoms with E-state index in [0.717, 1.165) is 22.7 Å². The molecule has 0 amide bonds. The number of nitrogens with zero attached hydrogens (tertiary/aromatic N) is 2. The summed E-state index contributed by atoms with van der Waals surface area (Å²) in [6.07, 6.45) is 2.35. The first-order valence-electron chi connectivity index (χ1n) is 17.2. The van der Waals surface area contributed by atoms with E-state index in [4.69, 9.17) is 0 Å². The van der Waals surface area contributed by atoms with Crippen LogP contribution in [0.1, 0.15) is 0 Å². The Hall–Kier alpha value is -6.64. The molecule has 0 aliphatic heterocycles. The summed E-state index contributed by atoms with van der Waals surface area (Å²) in [6, 6.07) is 67.9. The molecule has 2 nitrogen and oxygen atoms in total. The fourth-order valence-electron chi connectivity index (χ4n) is 7.86. The molecule has 0 spiro atoms. The van der Waals surface area contributed by atoms with Crippen LogP contribution in [0.5, 0.6) is 0 Å². The Balaban J connectivity index is 1.08. The molecule has 1 aromatic heterocycles. The Morgan fingerprint density at radius 1 is 0.380 bits per heavy atom. The maximum atomic E-state index is 2.38. The number of para-hydroxylation sites is 2. The molecule has 0 bridgehead atoms. The number of benzene rings is 8. The van der Waals surface area contributed by atoms with Gasteiger partial charge in [0.1, 0.15) is 0 Å². The highest BCUT2D eigenvalue weighted by Crippen LogP contribution is 2.51. The van der Waals surface area contributed by atoms with Crippen LogP contribution in [0.15, 0.2) is 194 Å². The second kappa shape index (κ2) is 11.5. The van der Waals surface area contributed by atoms with Crippen LogP contribution in [0.25, 0.3) is 71.9 Å². The van der Waals surface area contributed by atoms with Gasteiger partial charge < -0.3 is 9.47 Å². The fourth-order valence-corrected chi connectivity index (χ4v) is 7.86. The highest BCUT2D eigenvalue weighted by atomic mass is 15.1. The molecule has 0 unspecified atom stereocenters. The predicted octanol–water partition coefficient (Wildman–Crippen LogP) is 13.2. The molecule has 0 radical (unpaired) electrons. The molecule has 0 saturated carbocycles. The van der Waals surface area contributed by atoms with E-state index in [1.54, 1.807) is 0 Å². The predicted molar refractivity (Wildman–Crippen MR) is 211 cm³/mol. The topological polar surface area (TPSA) is 8.17 Å². The third-order valence-corrected chi connectivity index (χ3v) is 10.2. The first-order chi connectivity index (χ1) is 24.8. The molecule has 8 aromatic carbocycles. The fraction of sp³-hybridized carbons (Fsp3) is 0. The van der Waals surface area contributed by atoms with Gasteiger partial charge in [0, 0.05) is 45.5 Å². The summed E-state index contributed by atoms with van der Waals surface area (Å²) in [6.45, 7) is 0. The van der Waals surface area contributed by atoms with Crippen LogP contribution in [0.3, 0.4) is 0 Å². The van der Waals surface area contributed by atoms with Gasteiger partial charge in [-0.1, -0.05) is 133 Å². The quantitative estimate of drug-likeness (QED) is 0.182. The van der Waals surface area contributed by atoms with Crippen molar-refractivity contribution < 1.29 is 0 Å². The standard InChI is InChI=1S/C48H32N2/c1-3-14-37(15-4-1)50(38-16-5-2-6-17-38)39-29-25-34(26-30-39)33-23-27-36(28-24-33)49-32-45-43-21-10-9-19-41(43)42-20-11-12-22-44(42)47-40-18-8-7-13-35(40)31-46(49)48(45)47/h1-32H. The molecule has 0 N–H and O–H groups in total. The Labute approximate surface area is 291 Å². The van der Waals surface area contributed by atoms with Crippen LogP contribution in [0.4, 0.5) is 17.1 Å². The number of hydrogen-bond donors (Lipinski definition) is 0. The van der Waals surface area contributed by atoms with Crippen molar-refractivity contribution >= 4 is 38.7 Å². The molecular weight excluding hydrogens is 605 g/mol. The van der Waals surface area contributed by atoms with Gasteiger partial charge >= 0.3 is 0 Å². The normalized spacial score (nSPS) is 11.6. The Morgan fingerprint density at radius 3 is 1.50 bits per heavy atom. The molecule has 1 aliphatic rings. The summed E-state index contributed by atoms with van der Waals surface area (Å²) in [4.78, 5) is 2.30. The van der Waals surface area contributed by atoms with E-state index >= 15 is 0 Å². The van der Waals surface area contributed by atoms with Gasteiger partial charge in [0.15, 0.2) is 0 Å². The van der Waals surface area contributed by atoms with E-state index in [1.807, 2.05) is 0 Å². The largest absolute Gasteiger partial charge is 0.316 e. The molecule has 0 atom stereocenters. The molecule has 10 rings (SSSR count). The Bertz CT molecular complexity index is 2630. The zero-order valence-electron chi connectivity index (χ0n) is 27.4. The van der Waals surface area contributed by atoms with Crippen LogP contribution in [0, 0.1) is 0 Å². The Morgan fingerprint density at radius 2 is 0.860 bits per heavy atom. The monoisotopic (exact) mass is 636 g/mol. The van der Waals surface area contributed by atoms with Crippen molar-refractivity contribution in [2.75, 3.05) is 4.90 Å². The van der Waals surface area contributed by atoms with Gasteiger partial charge in [0.2, 0.25) is 0 Å². The lowest BCUT2D eigenvalue weighted by Gasteiger charge is -2.25. The van der Waals surface area contributed by atoms with Gasteiger partial charge in [-0.15, -0.1) is 0 Å². The van der Waals surface area contributed by atoms with E-state index in [2.05, 4.69) is 204 Å². The van der Waals surface area contributed by atoms with Crippen molar-refractivity contribution in [3.05, 3.63) is 194 Å². The van der Waals surface area contributed by atoms with Gasteiger partial charge in [-0.2, -0.15) is 0 Å². The van der Waals surface area contributed by atoms with Crippen molar-refractivity contribution in [1.29, 1.82) is 0 Å². The van der Waals surface area contributed by atoms with Crippen molar-refractivity contribution in [2.24, 2.45) is 0 Å². The van der Waals surface area contributed by atoms with Crippen molar-refractivity contribution in [1.82, 2.24) is 4.57 Å². The summed E-state index contributed by atoms with van der Waals surface area (Å²) < 4.78 is 2.38. The van der Waals surface area contributed by atoms with Crippen LogP contribution in [-0.2, 0) is 0 Å². The van der Waals surface area contributed by atoms with Crippen LogP contribution in [-0.4, -0.2) is 4.57 Å². The summed E-state index contributed by atoms with van der Waals surface area (Å²) in [5, 5.41) is 3.84. The van der Waals surface area contributed by atoms with Crippen molar-refractivity contribution in [2.45, 2.75) is 0 Å². The molecule has 1 heterocycles. The minimum absolute atomic E-state index is 1.13. The van der Waals surface area contributed by atoms with E-state index in [9.17, 15) is 0 Å². The summed E-state index contributed by atoms with van der Waals surface area (Å²) in [5.74, 6) is 0. The zero-order valence-corrected chi connectivity index (χ0v) is 27.4. The van der Waals surface area contributed by atoms with Gasteiger partial charge in [-0.05, 0) is 98.8 Å².